The van der Waals surface area contributed by atoms with Crippen molar-refractivity contribution in [3.8, 4) is 11.5 Å². The quantitative estimate of drug-likeness (QED) is 0.602. The molecule has 0 N–H and O–H groups in total. The lowest BCUT2D eigenvalue weighted by Gasteiger charge is -2.08. The van der Waals surface area contributed by atoms with E-state index in [2.05, 4.69) is 45.1 Å². The summed E-state index contributed by atoms with van der Waals surface area (Å²) in [5, 5.41) is 0. The van der Waals surface area contributed by atoms with Crippen molar-refractivity contribution < 1.29 is 9.47 Å². The van der Waals surface area contributed by atoms with E-state index < -0.39 is 0 Å². The van der Waals surface area contributed by atoms with Crippen LogP contribution in [-0.4, -0.2) is 14.2 Å². The minimum atomic E-state index is 0.855. The summed E-state index contributed by atoms with van der Waals surface area (Å²) >= 11 is 0. The van der Waals surface area contributed by atoms with Gasteiger partial charge in [0.15, 0.2) is 0 Å². The number of methoxy groups -OCH3 is 2. The molecule has 0 aliphatic rings. The third kappa shape index (κ3) is 7.03. The summed E-state index contributed by atoms with van der Waals surface area (Å²) in [5.74, 6) is 1.71. The largest absolute Gasteiger partial charge is 0.497 e. The van der Waals surface area contributed by atoms with Gasteiger partial charge in [-0.15, -0.1) is 0 Å². The molecule has 1 aromatic carbocycles. The van der Waals surface area contributed by atoms with Gasteiger partial charge in [0.05, 0.1) is 14.2 Å². The molecule has 1 rings (SSSR count). The van der Waals surface area contributed by atoms with E-state index in [-0.39, 0.29) is 0 Å². The molecule has 2 nitrogen and oxygen atoms in total. The van der Waals surface area contributed by atoms with Crippen molar-refractivity contribution in [2.75, 3.05) is 14.2 Å². The van der Waals surface area contributed by atoms with E-state index in [1.54, 1.807) is 14.2 Å². The first-order valence-electron chi connectivity index (χ1n) is 7.56. The van der Waals surface area contributed by atoms with Crippen LogP contribution in [0.15, 0.2) is 41.5 Å². The predicted octanol–water partition coefficient (Wildman–Crippen LogP) is 5.33. The average molecular weight is 288 g/mol. The van der Waals surface area contributed by atoms with Gasteiger partial charge in [0.25, 0.3) is 0 Å². The zero-order chi connectivity index (χ0) is 15.7. The van der Waals surface area contributed by atoms with Gasteiger partial charge in [-0.2, -0.15) is 0 Å². The molecule has 0 radical (unpaired) electrons. The molecule has 0 saturated heterocycles. The van der Waals surface area contributed by atoms with E-state index in [1.165, 1.54) is 16.7 Å². The standard InChI is InChI=1S/C19H28O2/c1-15(2)8-6-9-16(3)10-7-11-17-12-18(20-4)14-19(13-17)21-5/h8,10,12-14H,6-7,9,11H2,1-5H3/b16-10+. The zero-order valence-electron chi connectivity index (χ0n) is 14.0. The second-order valence-corrected chi connectivity index (χ2v) is 5.63. The van der Waals surface area contributed by atoms with Crippen molar-refractivity contribution in [1.82, 2.24) is 0 Å². The summed E-state index contributed by atoms with van der Waals surface area (Å²) in [4.78, 5) is 0. The molecule has 1 aromatic rings. The smallest absolute Gasteiger partial charge is 0.122 e. The SMILES string of the molecule is COc1cc(CC/C=C(\C)CCC=C(C)C)cc(OC)c1. The van der Waals surface area contributed by atoms with Crippen LogP contribution >= 0.6 is 0 Å². The van der Waals surface area contributed by atoms with Gasteiger partial charge in [0, 0.05) is 6.07 Å². The molecule has 2 heteroatoms. The number of allylic oxidation sites excluding steroid dienone is 4. The van der Waals surface area contributed by atoms with Gasteiger partial charge in [-0.3, -0.25) is 0 Å². The van der Waals surface area contributed by atoms with Crippen LogP contribution in [0.4, 0.5) is 0 Å². The van der Waals surface area contributed by atoms with E-state index in [0.29, 0.717) is 0 Å². The first-order chi connectivity index (χ1) is 10.0. The van der Waals surface area contributed by atoms with Crippen LogP contribution in [0.1, 0.15) is 45.6 Å². The second kappa shape index (κ2) is 9.28. The molecule has 0 spiro atoms. The summed E-state index contributed by atoms with van der Waals surface area (Å²) in [6, 6.07) is 6.06. The van der Waals surface area contributed by atoms with E-state index in [4.69, 9.17) is 9.47 Å². The summed E-state index contributed by atoms with van der Waals surface area (Å²) in [6.07, 6.45) is 8.98. The molecule has 0 saturated carbocycles. The first kappa shape index (κ1) is 17.4. The Kier molecular flexibility index (Phi) is 7.66. The maximum absolute atomic E-state index is 5.30. The van der Waals surface area contributed by atoms with Gasteiger partial charge in [0.2, 0.25) is 0 Å². The van der Waals surface area contributed by atoms with Crippen LogP contribution in [0.25, 0.3) is 0 Å². The fourth-order valence-corrected chi connectivity index (χ4v) is 2.19. The van der Waals surface area contributed by atoms with E-state index in [0.717, 1.165) is 37.2 Å². The highest BCUT2D eigenvalue weighted by Gasteiger charge is 2.01. The molecule has 116 valence electrons. The topological polar surface area (TPSA) is 18.5 Å². The highest BCUT2D eigenvalue weighted by Crippen LogP contribution is 2.23. The zero-order valence-corrected chi connectivity index (χ0v) is 14.0. The lowest BCUT2D eigenvalue weighted by Crippen LogP contribution is -1.91. The van der Waals surface area contributed by atoms with E-state index >= 15 is 0 Å². The summed E-state index contributed by atoms with van der Waals surface area (Å²) in [7, 11) is 3.37. The van der Waals surface area contributed by atoms with Crippen LogP contribution < -0.4 is 9.47 Å². The van der Waals surface area contributed by atoms with Gasteiger partial charge in [-0.25, -0.2) is 0 Å². The fraction of sp³-hybridized carbons (Fsp3) is 0.474. The Hall–Kier alpha value is -1.70. The van der Waals surface area contributed by atoms with Crippen molar-refractivity contribution in [1.29, 1.82) is 0 Å². The molecule has 0 bridgehead atoms. The van der Waals surface area contributed by atoms with Crippen molar-refractivity contribution in [2.45, 2.75) is 46.5 Å². The second-order valence-electron chi connectivity index (χ2n) is 5.63. The molecule has 0 aliphatic carbocycles. The number of ether oxygens (including phenoxy) is 2. The molecule has 0 aliphatic heterocycles. The molecule has 0 aromatic heterocycles. The third-order valence-electron chi connectivity index (χ3n) is 3.43. The maximum Gasteiger partial charge on any atom is 0.122 e. The lowest BCUT2D eigenvalue weighted by molar-refractivity contribution is 0.393. The van der Waals surface area contributed by atoms with Gasteiger partial charge in [-0.05, 0) is 64.2 Å². The van der Waals surface area contributed by atoms with Gasteiger partial charge < -0.3 is 9.47 Å². The molecule has 0 heterocycles. The third-order valence-corrected chi connectivity index (χ3v) is 3.43. The molecule has 0 amide bonds. The predicted molar refractivity (Wildman–Crippen MR) is 90.3 cm³/mol. The Morgan fingerprint density at radius 1 is 0.905 bits per heavy atom. The minimum Gasteiger partial charge on any atom is -0.497 e. The molecular formula is C19H28O2. The Balaban J connectivity index is 2.52. The number of benzene rings is 1. The Labute approximate surface area is 129 Å². The minimum absolute atomic E-state index is 0.855. The van der Waals surface area contributed by atoms with Crippen molar-refractivity contribution in [2.24, 2.45) is 0 Å². The molecule has 21 heavy (non-hydrogen) atoms. The monoisotopic (exact) mass is 288 g/mol. The van der Waals surface area contributed by atoms with Crippen molar-refractivity contribution in [3.05, 3.63) is 47.1 Å². The Morgan fingerprint density at radius 3 is 2.05 bits per heavy atom. The number of rotatable bonds is 8. The highest BCUT2D eigenvalue weighted by molar-refractivity contribution is 5.38. The highest BCUT2D eigenvalue weighted by atomic mass is 16.5. The number of hydrogen-bond acceptors (Lipinski definition) is 2. The van der Waals surface area contributed by atoms with Crippen LogP contribution in [-0.2, 0) is 6.42 Å². The van der Waals surface area contributed by atoms with Crippen molar-refractivity contribution in [3.63, 3.8) is 0 Å². The fourth-order valence-electron chi connectivity index (χ4n) is 2.19. The lowest BCUT2D eigenvalue weighted by atomic mass is 10.1. The van der Waals surface area contributed by atoms with Crippen LogP contribution in [0.2, 0.25) is 0 Å². The molecule has 0 atom stereocenters. The van der Waals surface area contributed by atoms with Gasteiger partial charge >= 0.3 is 0 Å². The van der Waals surface area contributed by atoms with Crippen molar-refractivity contribution >= 4 is 0 Å². The first-order valence-corrected chi connectivity index (χ1v) is 7.56. The number of aryl methyl sites for hydroxylation is 1. The molecule has 0 fully saturated rings. The van der Waals surface area contributed by atoms with E-state index in [1.807, 2.05) is 6.07 Å². The van der Waals surface area contributed by atoms with Gasteiger partial charge in [0.1, 0.15) is 11.5 Å². The Bertz CT molecular complexity index is 472. The average Bonchev–Trinajstić information content (AvgIpc) is 2.46. The Morgan fingerprint density at radius 2 is 1.52 bits per heavy atom. The summed E-state index contributed by atoms with van der Waals surface area (Å²) in [6.45, 7) is 6.51. The summed E-state index contributed by atoms with van der Waals surface area (Å²) < 4.78 is 10.6. The maximum atomic E-state index is 5.30. The van der Waals surface area contributed by atoms with Gasteiger partial charge in [-0.1, -0.05) is 23.3 Å². The van der Waals surface area contributed by atoms with Crippen LogP contribution in [0.5, 0.6) is 11.5 Å². The number of hydrogen-bond donors (Lipinski definition) is 0. The van der Waals surface area contributed by atoms with Crippen LogP contribution in [0.3, 0.4) is 0 Å². The summed E-state index contributed by atoms with van der Waals surface area (Å²) in [5.41, 5.74) is 4.10. The molecular weight excluding hydrogens is 260 g/mol. The van der Waals surface area contributed by atoms with Crippen LogP contribution in [0, 0.1) is 0 Å². The normalized spacial score (nSPS) is 11.2. The molecule has 0 unspecified atom stereocenters. The van der Waals surface area contributed by atoms with E-state index in [9.17, 15) is 0 Å².